The number of aryl methyl sites for hydroxylation is 1. The first-order valence-corrected chi connectivity index (χ1v) is 9.20. The second-order valence-corrected chi connectivity index (χ2v) is 7.06. The lowest BCUT2D eigenvalue weighted by molar-refractivity contribution is -0.141. The number of ether oxygens (including phenoxy) is 1. The number of hydrogen-bond donors (Lipinski definition) is 1. The van der Waals surface area contributed by atoms with Gasteiger partial charge in [-0.05, 0) is 37.1 Å². The van der Waals surface area contributed by atoms with Gasteiger partial charge in [-0.15, -0.1) is 0 Å². The Balaban J connectivity index is 2.08. The number of nitrogens with zero attached hydrogens (tertiary/aromatic N) is 3. The van der Waals surface area contributed by atoms with E-state index < -0.39 is 0 Å². The van der Waals surface area contributed by atoms with Crippen LogP contribution in [-0.4, -0.2) is 53.3 Å². The molecule has 0 radical (unpaired) electrons. The fourth-order valence-corrected chi connectivity index (χ4v) is 2.86. The summed E-state index contributed by atoms with van der Waals surface area (Å²) in [6.07, 6.45) is 0.225. The van der Waals surface area contributed by atoms with Crippen LogP contribution in [0.15, 0.2) is 30.3 Å². The lowest BCUT2D eigenvalue weighted by Gasteiger charge is -2.23. The van der Waals surface area contributed by atoms with Crippen LogP contribution in [0, 0.1) is 18.7 Å². The van der Waals surface area contributed by atoms with Crippen LogP contribution in [0.4, 0.5) is 10.2 Å². The maximum atomic E-state index is 13.2. The van der Waals surface area contributed by atoms with Crippen molar-refractivity contribution in [2.75, 3.05) is 32.1 Å². The molecule has 1 N–H and O–H groups in total. The van der Waals surface area contributed by atoms with E-state index in [0.717, 1.165) is 5.69 Å². The average Bonchev–Trinajstić information content (AvgIpc) is 2.99. The molecule has 0 saturated carbocycles. The lowest BCUT2D eigenvalue weighted by atomic mass is 10.2. The molecule has 2 aromatic rings. The zero-order valence-corrected chi connectivity index (χ0v) is 16.7. The van der Waals surface area contributed by atoms with Gasteiger partial charge in [0.05, 0.1) is 31.5 Å². The fraction of sp³-hybridized carbons (Fsp3) is 0.450. The Labute approximate surface area is 164 Å². The van der Waals surface area contributed by atoms with E-state index >= 15 is 0 Å². The molecule has 7 nitrogen and oxygen atoms in total. The van der Waals surface area contributed by atoms with E-state index in [-0.39, 0.29) is 30.7 Å². The number of benzene rings is 1. The molecule has 28 heavy (non-hydrogen) atoms. The molecular formula is C20H27FN4O3. The van der Waals surface area contributed by atoms with Crippen LogP contribution in [-0.2, 0) is 14.3 Å². The summed E-state index contributed by atoms with van der Waals surface area (Å²) < 4.78 is 19.4. The summed E-state index contributed by atoms with van der Waals surface area (Å²) >= 11 is 0. The number of amides is 1. The van der Waals surface area contributed by atoms with Gasteiger partial charge >= 0.3 is 5.97 Å². The van der Waals surface area contributed by atoms with E-state index in [4.69, 9.17) is 0 Å². The molecule has 0 saturated heterocycles. The standard InChI is InChI=1S/C20H27FN4O3/c1-14(2)12-24(10-9-20(27)28-4)13-19(26)22-18-11-15(3)23-25(18)17-7-5-16(21)6-8-17/h5-8,11,14H,9-10,12-13H2,1-4H3,(H,22,26). The van der Waals surface area contributed by atoms with E-state index in [1.165, 1.54) is 19.2 Å². The van der Waals surface area contributed by atoms with Crippen molar-refractivity contribution in [1.82, 2.24) is 14.7 Å². The molecule has 8 heteroatoms. The molecule has 1 amide bonds. The summed E-state index contributed by atoms with van der Waals surface area (Å²) in [7, 11) is 1.35. The van der Waals surface area contributed by atoms with Gasteiger partial charge in [0.25, 0.3) is 0 Å². The van der Waals surface area contributed by atoms with Gasteiger partial charge in [-0.3, -0.25) is 14.5 Å². The van der Waals surface area contributed by atoms with Gasteiger partial charge in [0.2, 0.25) is 5.91 Å². The van der Waals surface area contributed by atoms with Gasteiger partial charge in [0.15, 0.2) is 0 Å². The normalized spacial score (nSPS) is 11.1. The van der Waals surface area contributed by atoms with E-state index in [1.807, 2.05) is 11.8 Å². The first kappa shape index (κ1) is 21.6. The summed E-state index contributed by atoms with van der Waals surface area (Å²) in [6.45, 7) is 7.18. The van der Waals surface area contributed by atoms with Crippen LogP contribution in [0.25, 0.3) is 5.69 Å². The molecule has 0 bridgehead atoms. The molecule has 0 aliphatic heterocycles. The van der Waals surface area contributed by atoms with Crippen molar-refractivity contribution in [3.63, 3.8) is 0 Å². The third kappa shape index (κ3) is 6.45. The van der Waals surface area contributed by atoms with Crippen molar-refractivity contribution in [3.8, 4) is 5.69 Å². The molecule has 0 atom stereocenters. The minimum Gasteiger partial charge on any atom is -0.469 e. The first-order valence-electron chi connectivity index (χ1n) is 9.20. The van der Waals surface area contributed by atoms with Crippen molar-refractivity contribution in [2.45, 2.75) is 27.2 Å². The number of methoxy groups -OCH3 is 1. The van der Waals surface area contributed by atoms with Gasteiger partial charge in [-0.2, -0.15) is 5.10 Å². The van der Waals surface area contributed by atoms with Gasteiger partial charge in [-0.1, -0.05) is 13.8 Å². The molecular weight excluding hydrogens is 363 g/mol. The number of hydrogen-bond acceptors (Lipinski definition) is 5. The lowest BCUT2D eigenvalue weighted by Crippen LogP contribution is -2.37. The zero-order valence-electron chi connectivity index (χ0n) is 16.7. The highest BCUT2D eigenvalue weighted by molar-refractivity contribution is 5.91. The Morgan fingerprint density at radius 3 is 2.57 bits per heavy atom. The molecule has 0 aliphatic carbocycles. The van der Waals surface area contributed by atoms with E-state index in [2.05, 4.69) is 29.0 Å². The third-order valence-electron chi connectivity index (χ3n) is 4.02. The Hall–Kier alpha value is -2.74. The first-order chi connectivity index (χ1) is 13.3. The van der Waals surface area contributed by atoms with Crippen molar-refractivity contribution < 1.29 is 18.7 Å². The van der Waals surface area contributed by atoms with Crippen LogP contribution in [0.2, 0.25) is 0 Å². The molecule has 0 fully saturated rings. The molecule has 1 heterocycles. The number of aromatic nitrogens is 2. The Kier molecular flexibility index (Phi) is 7.69. The van der Waals surface area contributed by atoms with Crippen LogP contribution < -0.4 is 5.32 Å². The van der Waals surface area contributed by atoms with Crippen molar-refractivity contribution in [3.05, 3.63) is 41.8 Å². The molecule has 152 valence electrons. The van der Waals surface area contributed by atoms with Crippen LogP contribution in [0.3, 0.4) is 0 Å². The number of carbonyl (C=O) groups excluding carboxylic acids is 2. The topological polar surface area (TPSA) is 76.5 Å². The summed E-state index contributed by atoms with van der Waals surface area (Å²) in [5.74, 6) is -0.00916. The second kappa shape index (κ2) is 9.98. The van der Waals surface area contributed by atoms with Gasteiger partial charge in [0.1, 0.15) is 11.6 Å². The summed E-state index contributed by atoms with van der Waals surface area (Å²) in [4.78, 5) is 25.9. The predicted molar refractivity (Wildman–Crippen MR) is 105 cm³/mol. The zero-order chi connectivity index (χ0) is 20.7. The largest absolute Gasteiger partial charge is 0.469 e. The monoisotopic (exact) mass is 390 g/mol. The fourth-order valence-electron chi connectivity index (χ4n) is 2.86. The maximum Gasteiger partial charge on any atom is 0.306 e. The number of esters is 1. The highest BCUT2D eigenvalue weighted by atomic mass is 19.1. The van der Waals surface area contributed by atoms with Gasteiger partial charge < -0.3 is 10.1 Å². The predicted octanol–water partition coefficient (Wildman–Crippen LogP) is 2.78. The number of rotatable bonds is 9. The molecule has 1 aromatic heterocycles. The van der Waals surface area contributed by atoms with Crippen molar-refractivity contribution >= 4 is 17.7 Å². The molecule has 1 aromatic carbocycles. The van der Waals surface area contributed by atoms with Crippen LogP contribution in [0.5, 0.6) is 0 Å². The second-order valence-electron chi connectivity index (χ2n) is 7.06. The SMILES string of the molecule is COC(=O)CCN(CC(=O)Nc1cc(C)nn1-c1ccc(F)cc1)CC(C)C. The Bertz CT molecular complexity index is 802. The van der Waals surface area contributed by atoms with Gasteiger partial charge in [-0.25, -0.2) is 9.07 Å². The summed E-state index contributed by atoms with van der Waals surface area (Å²) in [6, 6.07) is 7.63. The van der Waals surface area contributed by atoms with E-state index in [1.54, 1.807) is 22.9 Å². The number of anilines is 1. The number of halogens is 1. The third-order valence-corrected chi connectivity index (χ3v) is 4.02. The molecule has 2 rings (SSSR count). The molecule has 0 spiro atoms. The Morgan fingerprint density at radius 1 is 1.29 bits per heavy atom. The quantitative estimate of drug-likeness (QED) is 0.667. The van der Waals surface area contributed by atoms with Crippen molar-refractivity contribution in [2.24, 2.45) is 5.92 Å². The van der Waals surface area contributed by atoms with E-state index in [0.29, 0.717) is 30.5 Å². The average molecular weight is 390 g/mol. The number of nitrogens with one attached hydrogen (secondary N) is 1. The smallest absolute Gasteiger partial charge is 0.306 e. The summed E-state index contributed by atoms with van der Waals surface area (Å²) in [5, 5.41) is 7.23. The number of carbonyl (C=O) groups is 2. The minimum atomic E-state index is -0.340. The molecule has 0 aliphatic rings. The van der Waals surface area contributed by atoms with Crippen LogP contribution in [0.1, 0.15) is 26.0 Å². The summed E-state index contributed by atoms with van der Waals surface area (Å²) in [5.41, 5.74) is 1.37. The van der Waals surface area contributed by atoms with Gasteiger partial charge in [0, 0.05) is 19.2 Å². The van der Waals surface area contributed by atoms with Crippen LogP contribution >= 0.6 is 0 Å². The molecule has 0 unspecified atom stereocenters. The maximum absolute atomic E-state index is 13.2. The highest BCUT2D eigenvalue weighted by Crippen LogP contribution is 2.17. The van der Waals surface area contributed by atoms with E-state index in [9.17, 15) is 14.0 Å². The highest BCUT2D eigenvalue weighted by Gasteiger charge is 2.16. The van der Waals surface area contributed by atoms with Crippen molar-refractivity contribution in [1.29, 1.82) is 0 Å². The Morgan fingerprint density at radius 2 is 1.96 bits per heavy atom. The minimum absolute atomic E-state index is 0.142.